The van der Waals surface area contributed by atoms with Crippen LogP contribution in [0.1, 0.15) is 18.9 Å². The van der Waals surface area contributed by atoms with E-state index in [0.717, 1.165) is 5.56 Å². The van der Waals surface area contributed by atoms with Crippen LogP contribution in [0.4, 0.5) is 0 Å². The molecule has 0 aliphatic heterocycles. The third kappa shape index (κ3) is 4.92. The maximum atomic E-state index is 11.7. The van der Waals surface area contributed by atoms with Gasteiger partial charge in [-0.2, -0.15) is 5.26 Å². The summed E-state index contributed by atoms with van der Waals surface area (Å²) >= 11 is 1.33. The SMILES string of the molecule is CCC(SCC#N)C(=O)OCc1ccccc1. The monoisotopic (exact) mass is 249 g/mol. The third-order valence-corrected chi connectivity index (χ3v) is 3.43. The predicted octanol–water partition coefficient (Wildman–Crippen LogP) is 2.77. The fourth-order valence-electron chi connectivity index (χ4n) is 1.31. The Morgan fingerprint density at radius 3 is 2.76 bits per heavy atom. The van der Waals surface area contributed by atoms with Crippen molar-refractivity contribution in [3.63, 3.8) is 0 Å². The van der Waals surface area contributed by atoms with Crippen LogP contribution < -0.4 is 0 Å². The molecule has 1 rings (SSSR count). The highest BCUT2D eigenvalue weighted by atomic mass is 32.2. The lowest BCUT2D eigenvalue weighted by Crippen LogP contribution is -2.19. The molecule has 90 valence electrons. The normalized spacial score (nSPS) is 11.5. The summed E-state index contributed by atoms with van der Waals surface area (Å²) in [6, 6.07) is 11.6. The van der Waals surface area contributed by atoms with Crippen molar-refractivity contribution in [2.24, 2.45) is 0 Å². The summed E-state index contributed by atoms with van der Waals surface area (Å²) in [5, 5.41) is 8.24. The molecule has 17 heavy (non-hydrogen) atoms. The van der Waals surface area contributed by atoms with E-state index < -0.39 is 0 Å². The van der Waals surface area contributed by atoms with Crippen molar-refractivity contribution >= 4 is 17.7 Å². The Labute approximate surface area is 106 Å². The van der Waals surface area contributed by atoms with Gasteiger partial charge in [-0.1, -0.05) is 37.3 Å². The molecule has 4 heteroatoms. The molecule has 0 amide bonds. The average Bonchev–Trinajstić information content (AvgIpc) is 2.38. The Morgan fingerprint density at radius 1 is 1.47 bits per heavy atom. The van der Waals surface area contributed by atoms with E-state index in [-0.39, 0.29) is 11.2 Å². The highest BCUT2D eigenvalue weighted by Crippen LogP contribution is 2.16. The van der Waals surface area contributed by atoms with E-state index in [2.05, 4.69) is 0 Å². The summed E-state index contributed by atoms with van der Waals surface area (Å²) in [5.74, 6) is 0.0791. The Kier molecular flexibility index (Phi) is 6.19. The van der Waals surface area contributed by atoms with E-state index in [1.54, 1.807) is 0 Å². The number of nitrogens with zero attached hydrogens (tertiary/aromatic N) is 1. The lowest BCUT2D eigenvalue weighted by atomic mass is 10.2. The summed E-state index contributed by atoms with van der Waals surface area (Å²) in [5.41, 5.74) is 0.973. The van der Waals surface area contributed by atoms with E-state index in [9.17, 15) is 4.79 Å². The highest BCUT2D eigenvalue weighted by molar-refractivity contribution is 8.00. The molecule has 0 bridgehead atoms. The van der Waals surface area contributed by atoms with E-state index in [1.165, 1.54) is 11.8 Å². The molecular weight excluding hydrogens is 234 g/mol. The fraction of sp³-hybridized carbons (Fsp3) is 0.385. The van der Waals surface area contributed by atoms with Crippen molar-refractivity contribution < 1.29 is 9.53 Å². The van der Waals surface area contributed by atoms with Crippen LogP contribution in [0.2, 0.25) is 0 Å². The van der Waals surface area contributed by atoms with Gasteiger partial charge in [-0.05, 0) is 12.0 Å². The molecule has 1 unspecified atom stereocenters. The largest absolute Gasteiger partial charge is 0.460 e. The summed E-state index contributed by atoms with van der Waals surface area (Å²) in [6.07, 6.45) is 0.681. The third-order valence-electron chi connectivity index (χ3n) is 2.21. The molecule has 0 saturated heterocycles. The van der Waals surface area contributed by atoms with Gasteiger partial charge in [-0.15, -0.1) is 11.8 Å². The molecule has 3 nitrogen and oxygen atoms in total. The van der Waals surface area contributed by atoms with Crippen LogP contribution in [0.15, 0.2) is 30.3 Å². The Morgan fingerprint density at radius 2 is 2.18 bits per heavy atom. The average molecular weight is 249 g/mol. The predicted molar refractivity (Wildman–Crippen MR) is 68.4 cm³/mol. The number of esters is 1. The number of nitriles is 1. The number of benzene rings is 1. The van der Waals surface area contributed by atoms with Gasteiger partial charge >= 0.3 is 5.97 Å². The molecule has 1 aromatic rings. The van der Waals surface area contributed by atoms with Crippen LogP contribution >= 0.6 is 11.8 Å². The summed E-state index contributed by atoms with van der Waals surface area (Å²) < 4.78 is 5.21. The number of rotatable bonds is 6. The molecule has 0 N–H and O–H groups in total. The topological polar surface area (TPSA) is 50.1 Å². The quantitative estimate of drug-likeness (QED) is 0.727. The minimum atomic E-state index is -0.239. The van der Waals surface area contributed by atoms with E-state index in [1.807, 2.05) is 43.3 Å². The van der Waals surface area contributed by atoms with Gasteiger partial charge in [0, 0.05) is 0 Å². The summed E-state index contributed by atoms with van der Waals surface area (Å²) in [6.45, 7) is 2.21. The number of carbonyl (C=O) groups excluding carboxylic acids is 1. The maximum Gasteiger partial charge on any atom is 0.319 e. The number of hydrogen-bond acceptors (Lipinski definition) is 4. The summed E-state index contributed by atoms with van der Waals surface area (Å²) in [7, 11) is 0. The Bertz CT molecular complexity index is 386. The van der Waals surface area contributed by atoms with Crippen molar-refractivity contribution in [3.8, 4) is 6.07 Å². The first-order valence-corrected chi connectivity index (χ1v) is 6.52. The van der Waals surface area contributed by atoms with E-state index in [4.69, 9.17) is 10.00 Å². The molecule has 0 spiro atoms. The van der Waals surface area contributed by atoms with Crippen LogP contribution in [0, 0.1) is 11.3 Å². The first kappa shape index (κ1) is 13.6. The lowest BCUT2D eigenvalue weighted by molar-refractivity contribution is -0.144. The maximum absolute atomic E-state index is 11.7. The van der Waals surface area contributed by atoms with Gasteiger partial charge in [0.1, 0.15) is 11.9 Å². The van der Waals surface area contributed by atoms with Crippen LogP contribution in [0.5, 0.6) is 0 Å². The number of ether oxygens (including phenoxy) is 1. The van der Waals surface area contributed by atoms with Gasteiger partial charge in [0.25, 0.3) is 0 Å². The van der Waals surface area contributed by atoms with Crippen molar-refractivity contribution in [1.29, 1.82) is 5.26 Å². The van der Waals surface area contributed by atoms with Crippen molar-refractivity contribution in [2.45, 2.75) is 25.2 Å². The standard InChI is InChI=1S/C13H15NO2S/c1-2-12(17-9-8-14)13(15)16-10-11-6-4-3-5-7-11/h3-7,12H,2,9-10H2,1H3. The van der Waals surface area contributed by atoms with Gasteiger partial charge in [0.05, 0.1) is 11.8 Å². The lowest BCUT2D eigenvalue weighted by Gasteiger charge is -2.12. The minimum Gasteiger partial charge on any atom is -0.460 e. The second kappa shape index (κ2) is 7.75. The molecule has 0 saturated carbocycles. The van der Waals surface area contributed by atoms with Crippen molar-refractivity contribution in [2.75, 3.05) is 5.75 Å². The Balaban J connectivity index is 2.40. The zero-order chi connectivity index (χ0) is 12.5. The van der Waals surface area contributed by atoms with Gasteiger partial charge in [-0.3, -0.25) is 4.79 Å². The van der Waals surface area contributed by atoms with Crippen molar-refractivity contribution in [3.05, 3.63) is 35.9 Å². The molecule has 1 aromatic carbocycles. The second-order valence-corrected chi connectivity index (χ2v) is 4.65. The van der Waals surface area contributed by atoms with Gasteiger partial charge in [0.2, 0.25) is 0 Å². The minimum absolute atomic E-state index is 0.238. The molecule has 0 aliphatic rings. The van der Waals surface area contributed by atoms with Crippen LogP contribution in [-0.4, -0.2) is 17.0 Å². The van der Waals surface area contributed by atoms with Crippen LogP contribution in [0.3, 0.4) is 0 Å². The van der Waals surface area contributed by atoms with Gasteiger partial charge in [-0.25, -0.2) is 0 Å². The van der Waals surface area contributed by atoms with Gasteiger partial charge in [0.15, 0.2) is 0 Å². The van der Waals surface area contributed by atoms with Crippen molar-refractivity contribution in [1.82, 2.24) is 0 Å². The zero-order valence-electron chi connectivity index (χ0n) is 9.76. The van der Waals surface area contributed by atoms with E-state index >= 15 is 0 Å². The highest BCUT2D eigenvalue weighted by Gasteiger charge is 2.18. The smallest absolute Gasteiger partial charge is 0.319 e. The number of hydrogen-bond donors (Lipinski definition) is 0. The molecule has 1 atom stereocenters. The molecule has 0 heterocycles. The first-order chi connectivity index (χ1) is 8.27. The molecular formula is C13H15NO2S. The molecule has 0 aromatic heterocycles. The molecule has 0 fully saturated rings. The molecule has 0 aliphatic carbocycles. The summed E-state index contributed by atoms with van der Waals surface area (Å²) in [4.78, 5) is 11.7. The fourth-order valence-corrected chi connectivity index (χ4v) is 2.03. The Hall–Kier alpha value is -1.47. The van der Waals surface area contributed by atoms with Crippen LogP contribution in [0.25, 0.3) is 0 Å². The molecule has 0 radical (unpaired) electrons. The first-order valence-electron chi connectivity index (χ1n) is 5.47. The van der Waals surface area contributed by atoms with E-state index in [0.29, 0.717) is 18.8 Å². The number of thioether (sulfide) groups is 1. The number of carbonyl (C=O) groups is 1. The second-order valence-electron chi connectivity index (χ2n) is 3.46. The van der Waals surface area contributed by atoms with Gasteiger partial charge < -0.3 is 4.74 Å². The zero-order valence-corrected chi connectivity index (χ0v) is 10.6. The van der Waals surface area contributed by atoms with Crippen LogP contribution in [-0.2, 0) is 16.1 Å².